The van der Waals surface area contributed by atoms with Crippen LogP contribution >= 0.6 is 0 Å². The van der Waals surface area contributed by atoms with Crippen molar-refractivity contribution in [2.75, 3.05) is 20.2 Å². The van der Waals surface area contributed by atoms with Crippen LogP contribution in [0.1, 0.15) is 98.8 Å². The summed E-state index contributed by atoms with van der Waals surface area (Å²) in [6, 6.07) is 1.14. The Hall–Kier alpha value is -0.650. The molecule has 0 aromatic rings. The molecular weight excluding hydrogens is 436 g/mol. The maximum absolute atomic E-state index is 11.8. The fourth-order valence-corrected chi connectivity index (χ4v) is 9.67. The highest BCUT2D eigenvalue weighted by molar-refractivity contribution is 5.69. The van der Waals surface area contributed by atoms with Crippen LogP contribution in [0.15, 0.2) is 0 Å². The van der Waals surface area contributed by atoms with Crippen LogP contribution in [0.2, 0.25) is 0 Å². The molecule has 0 heterocycles. The van der Waals surface area contributed by atoms with Crippen LogP contribution in [0.5, 0.6) is 0 Å². The summed E-state index contributed by atoms with van der Waals surface area (Å²) < 4.78 is 4.91. The van der Waals surface area contributed by atoms with E-state index in [0.29, 0.717) is 64.8 Å². The summed E-state index contributed by atoms with van der Waals surface area (Å²) in [5.41, 5.74) is 0.692. The maximum Gasteiger partial charge on any atom is 0.305 e. The number of aliphatic hydroxyl groups is 1. The highest BCUT2D eigenvalue weighted by Gasteiger charge is 2.62. The zero-order valence-electron chi connectivity index (χ0n) is 23.4. The van der Waals surface area contributed by atoms with Crippen molar-refractivity contribution in [2.45, 2.75) is 117 Å². The number of carbonyl (C=O) groups is 1. The first-order chi connectivity index (χ1) is 16.6. The van der Waals surface area contributed by atoms with E-state index in [1.165, 1.54) is 52.1 Å². The molecule has 0 bridgehead atoms. The minimum atomic E-state index is -0.145. The molecule has 0 aromatic carbocycles. The first-order valence-corrected chi connectivity index (χ1v) is 14.8. The van der Waals surface area contributed by atoms with Crippen LogP contribution in [-0.4, -0.2) is 49.5 Å². The Balaban J connectivity index is 1.40. The number of hydrogen-bond donors (Lipinski definition) is 3. The second-order valence-corrected chi connectivity index (χ2v) is 13.7. The lowest BCUT2D eigenvalue weighted by atomic mass is 9.43. The van der Waals surface area contributed by atoms with Crippen LogP contribution < -0.4 is 10.6 Å². The molecule has 4 rings (SSSR count). The quantitative estimate of drug-likeness (QED) is 0.308. The predicted octanol–water partition coefficient (Wildman–Crippen LogP) is 5.16. The van der Waals surface area contributed by atoms with Gasteiger partial charge in [0.05, 0.1) is 13.2 Å². The largest absolute Gasteiger partial charge is 0.469 e. The van der Waals surface area contributed by atoms with Gasteiger partial charge in [-0.3, -0.25) is 4.79 Å². The van der Waals surface area contributed by atoms with Crippen LogP contribution in [0.25, 0.3) is 0 Å². The molecule has 0 radical (unpaired) electrons. The van der Waals surface area contributed by atoms with Gasteiger partial charge in [-0.05, 0) is 104 Å². The molecule has 3 N–H and O–H groups in total. The van der Waals surface area contributed by atoms with Crippen molar-refractivity contribution < 1.29 is 14.6 Å². The van der Waals surface area contributed by atoms with E-state index in [9.17, 15) is 9.90 Å². The molecule has 3 unspecified atom stereocenters. The molecule has 4 aliphatic rings. The van der Waals surface area contributed by atoms with Crippen LogP contribution in [0.3, 0.4) is 0 Å². The first kappa shape index (κ1) is 27.4. The van der Waals surface area contributed by atoms with Gasteiger partial charge in [-0.2, -0.15) is 0 Å². The molecular formula is C30H54N2O3. The number of fused-ring (bicyclic) bond motifs is 5. The third kappa shape index (κ3) is 5.34. The average molecular weight is 491 g/mol. The Bertz CT molecular complexity index is 728. The minimum Gasteiger partial charge on any atom is -0.469 e. The maximum atomic E-state index is 11.8. The summed E-state index contributed by atoms with van der Waals surface area (Å²) in [4.78, 5) is 11.8. The Labute approximate surface area is 214 Å². The van der Waals surface area contributed by atoms with E-state index in [2.05, 4.69) is 45.3 Å². The van der Waals surface area contributed by atoms with Gasteiger partial charge in [-0.15, -0.1) is 0 Å². The molecule has 4 saturated carbocycles. The Morgan fingerprint density at radius 1 is 1.00 bits per heavy atom. The molecule has 0 aromatic heterocycles. The van der Waals surface area contributed by atoms with E-state index in [1.807, 2.05) is 0 Å². The normalized spacial score (nSPS) is 43.8. The van der Waals surface area contributed by atoms with Gasteiger partial charge in [-0.1, -0.05) is 34.6 Å². The van der Waals surface area contributed by atoms with Crippen molar-refractivity contribution in [1.29, 1.82) is 0 Å². The minimum absolute atomic E-state index is 0.0804. The van der Waals surface area contributed by atoms with Gasteiger partial charge in [0.1, 0.15) is 0 Å². The summed E-state index contributed by atoms with van der Waals surface area (Å²) in [6.45, 7) is 14.0. The smallest absolute Gasteiger partial charge is 0.305 e. The molecule has 0 amide bonds. The third-order valence-electron chi connectivity index (χ3n) is 11.6. The lowest BCUT2D eigenvalue weighted by molar-refractivity contribution is -0.167. The summed E-state index contributed by atoms with van der Waals surface area (Å²) in [5.74, 6) is 3.53. The number of rotatable bonds is 9. The van der Waals surface area contributed by atoms with Crippen molar-refractivity contribution in [3.8, 4) is 0 Å². The lowest BCUT2D eigenvalue weighted by Crippen LogP contribution is -2.59. The SMILES string of the molecule is COC(=O)CC[C@@H](C)[C@H]1CCC2C3C(CC[C@@]21C)[C@@]1(C)CC[C@H](NCCNC(C)C)C[C@H]1C[C@H]3O. The first-order valence-electron chi connectivity index (χ1n) is 14.8. The third-order valence-corrected chi connectivity index (χ3v) is 11.6. The zero-order valence-corrected chi connectivity index (χ0v) is 23.4. The zero-order chi connectivity index (χ0) is 25.4. The summed E-state index contributed by atoms with van der Waals surface area (Å²) in [7, 11) is 1.49. The number of esters is 1. The van der Waals surface area contributed by atoms with Crippen molar-refractivity contribution in [2.24, 2.45) is 46.3 Å². The number of aliphatic hydroxyl groups excluding tert-OH is 1. The van der Waals surface area contributed by atoms with E-state index in [0.717, 1.165) is 25.9 Å². The topological polar surface area (TPSA) is 70.6 Å². The van der Waals surface area contributed by atoms with Crippen LogP contribution in [0, 0.1) is 46.3 Å². The van der Waals surface area contributed by atoms with Gasteiger partial charge in [-0.25, -0.2) is 0 Å². The van der Waals surface area contributed by atoms with Crippen molar-refractivity contribution in [3.63, 3.8) is 0 Å². The van der Waals surface area contributed by atoms with Gasteiger partial charge in [0.15, 0.2) is 0 Å². The molecule has 0 saturated heterocycles. The molecule has 0 aliphatic heterocycles. The molecule has 35 heavy (non-hydrogen) atoms. The average Bonchev–Trinajstić information content (AvgIpc) is 3.17. The highest BCUT2D eigenvalue weighted by Crippen LogP contribution is 2.68. The fourth-order valence-electron chi connectivity index (χ4n) is 9.67. The van der Waals surface area contributed by atoms with Gasteiger partial charge < -0.3 is 20.5 Å². The molecule has 5 heteroatoms. The van der Waals surface area contributed by atoms with Gasteiger partial charge in [0, 0.05) is 31.6 Å². The molecule has 10 atom stereocenters. The summed E-state index contributed by atoms with van der Waals surface area (Å²) >= 11 is 0. The molecule has 202 valence electrons. The van der Waals surface area contributed by atoms with E-state index >= 15 is 0 Å². The standard InChI is InChI=1S/C30H54N2O3/c1-19(2)31-15-16-32-22-11-13-29(4)21(17-22)18-26(33)28-24-9-8-23(20(3)7-10-27(34)35-6)30(24,5)14-12-25(28)29/h19-26,28,31-33H,7-18H2,1-6H3/t20-,21+,22+,23-,24?,25?,26-,28?,29+,30-/m1/s1. The molecule has 5 nitrogen and oxygen atoms in total. The number of hydrogen-bond acceptors (Lipinski definition) is 5. The molecule has 4 fully saturated rings. The van der Waals surface area contributed by atoms with E-state index in [1.54, 1.807) is 0 Å². The van der Waals surface area contributed by atoms with E-state index in [-0.39, 0.29) is 12.1 Å². The van der Waals surface area contributed by atoms with E-state index in [4.69, 9.17) is 4.74 Å². The Morgan fingerprint density at radius 3 is 2.43 bits per heavy atom. The van der Waals surface area contributed by atoms with Crippen molar-refractivity contribution in [1.82, 2.24) is 10.6 Å². The number of methoxy groups -OCH3 is 1. The fraction of sp³-hybridized carbons (Fsp3) is 0.967. The monoisotopic (exact) mass is 490 g/mol. The Kier molecular flexibility index (Phi) is 8.60. The van der Waals surface area contributed by atoms with Crippen LogP contribution in [0.4, 0.5) is 0 Å². The summed E-state index contributed by atoms with van der Waals surface area (Å²) in [5, 5.41) is 19.0. The number of nitrogens with one attached hydrogen (secondary N) is 2. The second-order valence-electron chi connectivity index (χ2n) is 13.7. The Morgan fingerprint density at radius 2 is 1.71 bits per heavy atom. The number of ether oxygens (including phenoxy) is 1. The lowest BCUT2D eigenvalue weighted by Gasteiger charge is -2.62. The predicted molar refractivity (Wildman–Crippen MR) is 142 cm³/mol. The number of carbonyl (C=O) groups excluding carboxylic acids is 1. The highest BCUT2D eigenvalue weighted by atomic mass is 16.5. The van der Waals surface area contributed by atoms with Crippen molar-refractivity contribution >= 4 is 5.97 Å². The van der Waals surface area contributed by atoms with Gasteiger partial charge >= 0.3 is 5.97 Å². The van der Waals surface area contributed by atoms with Crippen LogP contribution in [-0.2, 0) is 9.53 Å². The molecule has 0 spiro atoms. The van der Waals surface area contributed by atoms with Gasteiger partial charge in [0.25, 0.3) is 0 Å². The van der Waals surface area contributed by atoms with E-state index < -0.39 is 0 Å². The molecule has 4 aliphatic carbocycles. The van der Waals surface area contributed by atoms with Gasteiger partial charge in [0.2, 0.25) is 0 Å². The summed E-state index contributed by atoms with van der Waals surface area (Å²) in [6.07, 6.45) is 11.2. The second kappa shape index (κ2) is 11.0. The van der Waals surface area contributed by atoms with Crippen molar-refractivity contribution in [3.05, 3.63) is 0 Å².